The van der Waals surface area contributed by atoms with E-state index in [1.165, 1.54) is 5.56 Å². The van der Waals surface area contributed by atoms with Crippen molar-refractivity contribution in [3.8, 4) is 0 Å². The minimum Gasteiger partial charge on any atom is -0.416 e. The molecular formula is C11H14N4OS. The van der Waals surface area contributed by atoms with Gasteiger partial charge in [-0.3, -0.25) is 4.98 Å². The number of nitrogens with one attached hydrogen (secondary N) is 1. The van der Waals surface area contributed by atoms with E-state index >= 15 is 0 Å². The molecule has 0 bridgehead atoms. The van der Waals surface area contributed by atoms with Gasteiger partial charge in [0.25, 0.3) is 5.22 Å². The Kier molecular flexibility index (Phi) is 4.52. The second-order valence-corrected chi connectivity index (χ2v) is 4.52. The quantitative estimate of drug-likeness (QED) is 0.621. The second-order valence-electron chi connectivity index (χ2n) is 3.47. The minimum atomic E-state index is 0.607. The Labute approximate surface area is 104 Å². The molecule has 0 radical (unpaired) electrons. The third-order valence-electron chi connectivity index (χ3n) is 2.06. The molecule has 2 heterocycles. The highest BCUT2D eigenvalue weighted by atomic mass is 32.2. The van der Waals surface area contributed by atoms with Gasteiger partial charge in [-0.1, -0.05) is 17.8 Å². The van der Waals surface area contributed by atoms with E-state index in [1.807, 2.05) is 12.3 Å². The standard InChI is InChI=1S/C11H14N4OS/c1-9-14-15-11(16-9)17-6-5-13-8-10-3-2-4-12-7-10/h2-4,7,13H,5-6,8H2,1H3. The first-order valence-electron chi connectivity index (χ1n) is 5.37. The first kappa shape index (κ1) is 12.1. The summed E-state index contributed by atoms with van der Waals surface area (Å²) in [5.41, 5.74) is 1.19. The van der Waals surface area contributed by atoms with Crippen LogP contribution in [0.25, 0.3) is 0 Å². The molecule has 0 unspecified atom stereocenters. The van der Waals surface area contributed by atoms with Gasteiger partial charge < -0.3 is 9.73 Å². The van der Waals surface area contributed by atoms with Crippen LogP contribution in [-0.2, 0) is 6.54 Å². The normalized spacial score (nSPS) is 10.6. The maximum atomic E-state index is 5.25. The summed E-state index contributed by atoms with van der Waals surface area (Å²) in [5, 5.41) is 11.6. The molecule has 0 saturated carbocycles. The summed E-state index contributed by atoms with van der Waals surface area (Å²) in [6, 6.07) is 3.99. The molecule has 90 valence electrons. The van der Waals surface area contributed by atoms with Crippen molar-refractivity contribution in [3.05, 3.63) is 36.0 Å². The topological polar surface area (TPSA) is 63.8 Å². The minimum absolute atomic E-state index is 0.607. The Morgan fingerprint density at radius 3 is 3.06 bits per heavy atom. The van der Waals surface area contributed by atoms with Gasteiger partial charge in [0.05, 0.1) is 0 Å². The van der Waals surface area contributed by atoms with Crippen molar-refractivity contribution in [3.63, 3.8) is 0 Å². The van der Waals surface area contributed by atoms with Gasteiger partial charge in [0.1, 0.15) is 0 Å². The van der Waals surface area contributed by atoms with E-state index in [0.29, 0.717) is 11.1 Å². The second kappa shape index (κ2) is 6.36. The van der Waals surface area contributed by atoms with Crippen LogP contribution in [0.3, 0.4) is 0 Å². The Balaban J connectivity index is 1.61. The van der Waals surface area contributed by atoms with E-state index in [2.05, 4.69) is 26.6 Å². The first-order chi connectivity index (χ1) is 8.34. The number of rotatable bonds is 6. The fourth-order valence-corrected chi connectivity index (χ4v) is 1.98. The largest absolute Gasteiger partial charge is 0.416 e. The van der Waals surface area contributed by atoms with Crippen molar-refractivity contribution in [2.75, 3.05) is 12.3 Å². The molecule has 0 atom stereocenters. The molecular weight excluding hydrogens is 236 g/mol. The molecule has 2 aromatic rings. The third-order valence-corrected chi connectivity index (χ3v) is 2.88. The van der Waals surface area contributed by atoms with Crippen molar-refractivity contribution in [1.82, 2.24) is 20.5 Å². The molecule has 6 heteroatoms. The van der Waals surface area contributed by atoms with Gasteiger partial charge >= 0.3 is 0 Å². The van der Waals surface area contributed by atoms with E-state index in [4.69, 9.17) is 4.42 Å². The molecule has 2 rings (SSSR count). The highest BCUT2D eigenvalue weighted by molar-refractivity contribution is 7.99. The molecule has 2 aromatic heterocycles. The summed E-state index contributed by atoms with van der Waals surface area (Å²) in [6.07, 6.45) is 3.64. The summed E-state index contributed by atoms with van der Waals surface area (Å²) < 4.78 is 5.25. The Morgan fingerprint density at radius 2 is 2.35 bits per heavy atom. The van der Waals surface area contributed by atoms with Crippen LogP contribution in [0.2, 0.25) is 0 Å². The summed E-state index contributed by atoms with van der Waals surface area (Å²) in [5.74, 6) is 1.51. The average Bonchev–Trinajstić information content (AvgIpc) is 2.76. The van der Waals surface area contributed by atoms with Gasteiger partial charge in [-0.05, 0) is 11.6 Å². The lowest BCUT2D eigenvalue weighted by molar-refractivity contribution is 0.429. The summed E-state index contributed by atoms with van der Waals surface area (Å²) >= 11 is 1.56. The maximum Gasteiger partial charge on any atom is 0.276 e. The maximum absolute atomic E-state index is 5.25. The van der Waals surface area contributed by atoms with Crippen LogP contribution < -0.4 is 5.32 Å². The molecule has 0 saturated heterocycles. The van der Waals surface area contributed by atoms with Crippen molar-refractivity contribution in [2.45, 2.75) is 18.7 Å². The number of thioether (sulfide) groups is 1. The van der Waals surface area contributed by atoms with E-state index < -0.39 is 0 Å². The van der Waals surface area contributed by atoms with Crippen molar-refractivity contribution < 1.29 is 4.42 Å². The summed E-state index contributed by atoms with van der Waals surface area (Å²) in [6.45, 7) is 3.51. The Hall–Kier alpha value is -1.40. The van der Waals surface area contributed by atoms with Crippen LogP contribution in [0.4, 0.5) is 0 Å². The highest BCUT2D eigenvalue weighted by Gasteiger charge is 2.01. The highest BCUT2D eigenvalue weighted by Crippen LogP contribution is 2.14. The number of nitrogens with zero attached hydrogens (tertiary/aromatic N) is 3. The van der Waals surface area contributed by atoms with E-state index in [9.17, 15) is 0 Å². The number of aromatic nitrogens is 3. The molecule has 0 aliphatic rings. The van der Waals surface area contributed by atoms with Crippen molar-refractivity contribution in [1.29, 1.82) is 0 Å². The van der Waals surface area contributed by atoms with Gasteiger partial charge in [0.2, 0.25) is 5.89 Å². The molecule has 1 N–H and O–H groups in total. The number of hydrogen-bond acceptors (Lipinski definition) is 6. The lowest BCUT2D eigenvalue weighted by Crippen LogP contribution is -2.16. The van der Waals surface area contributed by atoms with Crippen molar-refractivity contribution in [2.24, 2.45) is 0 Å². The molecule has 17 heavy (non-hydrogen) atoms. The number of aryl methyl sites for hydroxylation is 1. The number of pyridine rings is 1. The van der Waals surface area contributed by atoms with Crippen LogP contribution >= 0.6 is 11.8 Å². The van der Waals surface area contributed by atoms with Crippen LogP contribution in [0, 0.1) is 6.92 Å². The monoisotopic (exact) mass is 250 g/mol. The van der Waals surface area contributed by atoms with E-state index in [0.717, 1.165) is 18.8 Å². The smallest absolute Gasteiger partial charge is 0.276 e. The van der Waals surface area contributed by atoms with Crippen molar-refractivity contribution >= 4 is 11.8 Å². The predicted octanol–water partition coefficient (Wildman–Crippen LogP) is 1.65. The lowest BCUT2D eigenvalue weighted by atomic mass is 10.3. The third kappa shape index (κ3) is 4.16. The molecule has 0 fully saturated rings. The number of hydrogen-bond donors (Lipinski definition) is 1. The van der Waals surface area contributed by atoms with Gasteiger partial charge in [0, 0.05) is 38.2 Å². The molecule has 0 spiro atoms. The predicted molar refractivity (Wildman–Crippen MR) is 65.7 cm³/mol. The van der Waals surface area contributed by atoms with Gasteiger partial charge in [-0.25, -0.2) is 0 Å². The molecule has 0 aromatic carbocycles. The SMILES string of the molecule is Cc1nnc(SCCNCc2cccnc2)o1. The average molecular weight is 250 g/mol. The Morgan fingerprint density at radius 1 is 1.41 bits per heavy atom. The molecule has 5 nitrogen and oxygen atoms in total. The van der Waals surface area contributed by atoms with Gasteiger partial charge in [0.15, 0.2) is 0 Å². The van der Waals surface area contributed by atoms with Gasteiger partial charge in [-0.2, -0.15) is 0 Å². The first-order valence-corrected chi connectivity index (χ1v) is 6.35. The van der Waals surface area contributed by atoms with Crippen LogP contribution in [0.15, 0.2) is 34.2 Å². The lowest BCUT2D eigenvalue weighted by Gasteiger charge is -2.02. The van der Waals surface area contributed by atoms with Crippen LogP contribution in [0.5, 0.6) is 0 Å². The summed E-state index contributed by atoms with van der Waals surface area (Å²) in [7, 11) is 0. The molecule has 0 amide bonds. The molecule has 0 aliphatic carbocycles. The zero-order valence-electron chi connectivity index (χ0n) is 9.59. The van der Waals surface area contributed by atoms with E-state index in [1.54, 1.807) is 24.9 Å². The van der Waals surface area contributed by atoms with Crippen LogP contribution in [-0.4, -0.2) is 27.5 Å². The fraction of sp³-hybridized carbons (Fsp3) is 0.364. The zero-order chi connectivity index (χ0) is 11.9. The summed E-state index contributed by atoms with van der Waals surface area (Å²) in [4.78, 5) is 4.06. The zero-order valence-corrected chi connectivity index (χ0v) is 10.4. The fourth-order valence-electron chi connectivity index (χ4n) is 1.28. The van der Waals surface area contributed by atoms with Crippen LogP contribution in [0.1, 0.15) is 11.5 Å². The van der Waals surface area contributed by atoms with Gasteiger partial charge in [-0.15, -0.1) is 10.2 Å². The molecule has 0 aliphatic heterocycles. The Bertz CT molecular complexity index is 446. The van der Waals surface area contributed by atoms with E-state index in [-0.39, 0.29) is 0 Å².